The quantitative estimate of drug-likeness (QED) is 0.778. The van der Waals surface area contributed by atoms with E-state index >= 15 is 0 Å². The fraction of sp³-hybridized carbons (Fsp3) is 0.500. The van der Waals surface area contributed by atoms with E-state index in [4.69, 9.17) is 16.3 Å². The molecule has 0 bridgehead atoms. The zero-order valence-electron chi connectivity index (χ0n) is 12.6. The van der Waals surface area contributed by atoms with Crippen molar-refractivity contribution >= 4 is 23.5 Å². The maximum Gasteiger partial charge on any atom is 0.410 e. The van der Waals surface area contributed by atoms with Crippen LogP contribution in [0.3, 0.4) is 0 Å². The van der Waals surface area contributed by atoms with Gasteiger partial charge in [0.1, 0.15) is 5.60 Å². The maximum atomic E-state index is 12.5. The first-order valence-corrected chi connectivity index (χ1v) is 7.45. The standard InChI is InChI=1S/C16H20ClNO3/c1-16(2,3)21-15(20)18-10-4-5-13(18)14(19)11-6-8-12(17)9-7-11/h6-9,13H,4-5,10H2,1-3H3/t13-/m1/s1. The fourth-order valence-electron chi connectivity index (χ4n) is 2.38. The number of rotatable bonds is 2. The molecule has 2 rings (SSSR count). The maximum absolute atomic E-state index is 12.5. The van der Waals surface area contributed by atoms with Crippen molar-refractivity contribution in [3.63, 3.8) is 0 Å². The molecule has 1 aliphatic heterocycles. The molecule has 0 unspecified atom stereocenters. The Kier molecular flexibility index (Phi) is 4.57. The lowest BCUT2D eigenvalue weighted by molar-refractivity contribution is 0.0222. The smallest absolute Gasteiger partial charge is 0.410 e. The Balaban J connectivity index is 2.13. The van der Waals surface area contributed by atoms with Gasteiger partial charge < -0.3 is 4.74 Å². The van der Waals surface area contributed by atoms with Crippen molar-refractivity contribution < 1.29 is 14.3 Å². The molecule has 1 heterocycles. The predicted molar refractivity (Wildman–Crippen MR) is 81.7 cm³/mol. The average Bonchev–Trinajstić information content (AvgIpc) is 2.86. The molecule has 0 aliphatic carbocycles. The van der Waals surface area contributed by atoms with Crippen molar-refractivity contribution in [1.82, 2.24) is 4.90 Å². The highest BCUT2D eigenvalue weighted by molar-refractivity contribution is 6.30. The van der Waals surface area contributed by atoms with Crippen LogP contribution in [-0.2, 0) is 4.74 Å². The Morgan fingerprint density at radius 1 is 1.24 bits per heavy atom. The van der Waals surface area contributed by atoms with Crippen LogP contribution in [0.4, 0.5) is 4.79 Å². The SMILES string of the molecule is CC(C)(C)OC(=O)N1CCC[C@@H]1C(=O)c1ccc(Cl)cc1. The van der Waals surface area contributed by atoms with E-state index in [1.165, 1.54) is 4.90 Å². The van der Waals surface area contributed by atoms with Gasteiger partial charge in [-0.1, -0.05) is 11.6 Å². The van der Waals surface area contributed by atoms with Crippen LogP contribution < -0.4 is 0 Å². The van der Waals surface area contributed by atoms with Gasteiger partial charge in [-0.3, -0.25) is 9.69 Å². The molecule has 0 spiro atoms. The Hall–Kier alpha value is -1.55. The molecule has 0 aromatic heterocycles. The minimum atomic E-state index is -0.562. The van der Waals surface area contributed by atoms with Gasteiger partial charge in [0.05, 0.1) is 6.04 Å². The van der Waals surface area contributed by atoms with Gasteiger partial charge in [0.2, 0.25) is 0 Å². The lowest BCUT2D eigenvalue weighted by atomic mass is 10.0. The average molecular weight is 310 g/mol. The number of amides is 1. The summed E-state index contributed by atoms with van der Waals surface area (Å²) < 4.78 is 5.37. The van der Waals surface area contributed by atoms with Crippen molar-refractivity contribution in [2.45, 2.75) is 45.3 Å². The van der Waals surface area contributed by atoms with Crippen LogP contribution in [0.1, 0.15) is 44.0 Å². The second kappa shape index (κ2) is 6.06. The molecular weight excluding hydrogens is 290 g/mol. The first-order chi connectivity index (χ1) is 9.78. The Morgan fingerprint density at radius 2 is 1.86 bits per heavy atom. The van der Waals surface area contributed by atoms with E-state index in [1.807, 2.05) is 20.8 Å². The summed E-state index contributed by atoms with van der Waals surface area (Å²) in [5.41, 5.74) is 0.00735. The summed E-state index contributed by atoms with van der Waals surface area (Å²) in [6, 6.07) is 6.30. The summed E-state index contributed by atoms with van der Waals surface area (Å²) in [5.74, 6) is -0.0602. The van der Waals surface area contributed by atoms with Gasteiger partial charge in [0.15, 0.2) is 5.78 Å². The van der Waals surface area contributed by atoms with Crippen LogP contribution in [0.2, 0.25) is 5.02 Å². The molecule has 1 aromatic rings. The fourth-order valence-corrected chi connectivity index (χ4v) is 2.51. The van der Waals surface area contributed by atoms with Crippen molar-refractivity contribution in [3.05, 3.63) is 34.9 Å². The third kappa shape index (κ3) is 3.97. The zero-order valence-corrected chi connectivity index (χ0v) is 13.3. The molecule has 1 fully saturated rings. The number of ether oxygens (including phenoxy) is 1. The Labute approximate surface area is 130 Å². The summed E-state index contributed by atoms with van der Waals surface area (Å²) in [6.07, 6.45) is 1.05. The van der Waals surface area contributed by atoms with Crippen LogP contribution in [0.15, 0.2) is 24.3 Å². The molecule has 0 radical (unpaired) electrons. The number of nitrogens with zero attached hydrogens (tertiary/aromatic N) is 1. The molecule has 0 N–H and O–H groups in total. The van der Waals surface area contributed by atoms with Gasteiger partial charge in [-0.25, -0.2) is 4.79 Å². The van der Waals surface area contributed by atoms with Crippen LogP contribution in [0.5, 0.6) is 0 Å². The van der Waals surface area contributed by atoms with Gasteiger partial charge in [-0.05, 0) is 57.9 Å². The minimum Gasteiger partial charge on any atom is -0.444 e. The highest BCUT2D eigenvalue weighted by Gasteiger charge is 2.36. The largest absolute Gasteiger partial charge is 0.444 e. The highest BCUT2D eigenvalue weighted by Crippen LogP contribution is 2.24. The van der Waals surface area contributed by atoms with Gasteiger partial charge >= 0.3 is 6.09 Å². The van der Waals surface area contributed by atoms with Crippen LogP contribution in [0.25, 0.3) is 0 Å². The molecule has 1 aromatic carbocycles. The number of halogens is 1. The number of hydrogen-bond acceptors (Lipinski definition) is 3. The molecule has 1 atom stereocenters. The van der Waals surface area contributed by atoms with E-state index < -0.39 is 17.7 Å². The third-order valence-electron chi connectivity index (χ3n) is 3.31. The summed E-state index contributed by atoms with van der Waals surface area (Å²) >= 11 is 5.83. The van der Waals surface area contributed by atoms with Crippen molar-refractivity contribution in [1.29, 1.82) is 0 Å². The highest BCUT2D eigenvalue weighted by atomic mass is 35.5. The van der Waals surface area contributed by atoms with Gasteiger partial charge in [-0.2, -0.15) is 0 Å². The van der Waals surface area contributed by atoms with Crippen LogP contribution in [-0.4, -0.2) is 35.0 Å². The lowest BCUT2D eigenvalue weighted by Gasteiger charge is -2.28. The predicted octanol–water partition coefficient (Wildman–Crippen LogP) is 3.92. The number of ketones is 1. The molecule has 1 aliphatic rings. The van der Waals surface area contributed by atoms with Gasteiger partial charge in [0.25, 0.3) is 0 Å². The minimum absolute atomic E-state index is 0.0602. The summed E-state index contributed by atoms with van der Waals surface area (Å²) in [7, 11) is 0. The van der Waals surface area contributed by atoms with E-state index in [0.717, 1.165) is 6.42 Å². The van der Waals surface area contributed by atoms with E-state index in [9.17, 15) is 9.59 Å². The van der Waals surface area contributed by atoms with Crippen LogP contribution in [0, 0.1) is 0 Å². The second-order valence-corrected chi connectivity index (χ2v) is 6.64. The molecule has 114 valence electrons. The molecule has 1 saturated heterocycles. The first-order valence-electron chi connectivity index (χ1n) is 7.07. The monoisotopic (exact) mass is 309 g/mol. The van der Waals surface area contributed by atoms with E-state index in [2.05, 4.69) is 0 Å². The van der Waals surface area contributed by atoms with E-state index in [1.54, 1.807) is 24.3 Å². The van der Waals surface area contributed by atoms with E-state index in [-0.39, 0.29) is 5.78 Å². The van der Waals surface area contributed by atoms with Crippen molar-refractivity contribution in [2.75, 3.05) is 6.54 Å². The van der Waals surface area contributed by atoms with Crippen molar-refractivity contribution in [3.8, 4) is 0 Å². The third-order valence-corrected chi connectivity index (χ3v) is 3.56. The van der Waals surface area contributed by atoms with Crippen molar-refractivity contribution in [2.24, 2.45) is 0 Å². The molecule has 0 saturated carbocycles. The first kappa shape index (κ1) is 15.8. The summed E-state index contributed by atoms with van der Waals surface area (Å²) in [4.78, 5) is 26.3. The topological polar surface area (TPSA) is 46.6 Å². The summed E-state index contributed by atoms with van der Waals surface area (Å²) in [6.45, 7) is 6.00. The van der Waals surface area contributed by atoms with Gasteiger partial charge in [0, 0.05) is 17.1 Å². The van der Waals surface area contributed by atoms with Crippen LogP contribution >= 0.6 is 11.6 Å². The number of likely N-dealkylation sites (tertiary alicyclic amines) is 1. The number of carbonyl (C=O) groups is 2. The van der Waals surface area contributed by atoms with Gasteiger partial charge in [-0.15, -0.1) is 0 Å². The molecular formula is C16H20ClNO3. The Bertz CT molecular complexity index is 533. The molecule has 21 heavy (non-hydrogen) atoms. The number of hydrogen-bond donors (Lipinski definition) is 0. The number of Topliss-reactive ketones (excluding diaryl/α,β-unsaturated/α-hetero) is 1. The Morgan fingerprint density at radius 3 is 2.43 bits per heavy atom. The number of benzene rings is 1. The zero-order chi connectivity index (χ0) is 15.6. The molecule has 1 amide bonds. The second-order valence-electron chi connectivity index (χ2n) is 6.20. The normalized spacial score (nSPS) is 18.7. The van der Waals surface area contributed by atoms with E-state index in [0.29, 0.717) is 23.6 Å². The number of carbonyl (C=O) groups excluding carboxylic acids is 2. The summed E-state index contributed by atoms with van der Waals surface area (Å²) in [5, 5.41) is 0.585. The molecule has 5 heteroatoms. The lowest BCUT2D eigenvalue weighted by Crippen LogP contribution is -2.43. The molecule has 4 nitrogen and oxygen atoms in total.